The summed E-state index contributed by atoms with van der Waals surface area (Å²) in [5.41, 5.74) is 1.82. The lowest BCUT2D eigenvalue weighted by molar-refractivity contribution is -0.120. The van der Waals surface area contributed by atoms with Gasteiger partial charge >= 0.3 is 0 Å². The summed E-state index contributed by atoms with van der Waals surface area (Å²) in [6.45, 7) is 1.91. The predicted molar refractivity (Wildman–Crippen MR) is 119 cm³/mol. The van der Waals surface area contributed by atoms with Crippen LogP contribution in [0.1, 0.15) is 11.1 Å². The maximum absolute atomic E-state index is 13.5. The molecule has 2 aromatic carbocycles. The number of piperazine rings is 1. The Morgan fingerprint density at radius 1 is 0.903 bits per heavy atom. The second-order valence-electron chi connectivity index (χ2n) is 7.37. The molecule has 7 nitrogen and oxygen atoms in total. The van der Waals surface area contributed by atoms with E-state index >= 15 is 0 Å². The minimum absolute atomic E-state index is 0.0679. The van der Waals surface area contributed by atoms with Crippen LogP contribution in [0.25, 0.3) is 0 Å². The van der Waals surface area contributed by atoms with E-state index in [0.29, 0.717) is 18.9 Å². The molecule has 0 saturated carbocycles. The fourth-order valence-corrected chi connectivity index (χ4v) is 4.86. The van der Waals surface area contributed by atoms with E-state index in [1.54, 1.807) is 12.1 Å². The maximum atomic E-state index is 13.5. The number of pyridine rings is 1. The van der Waals surface area contributed by atoms with Crippen molar-refractivity contribution in [1.29, 1.82) is 0 Å². The molecular weight excluding hydrogens is 412 g/mol. The van der Waals surface area contributed by atoms with Gasteiger partial charge in [0.05, 0.1) is 6.54 Å². The number of hydrogen-bond donors (Lipinski definition) is 1. The van der Waals surface area contributed by atoms with Crippen LogP contribution in [-0.2, 0) is 27.9 Å². The lowest BCUT2D eigenvalue weighted by Crippen LogP contribution is -2.48. The standard InChI is InChI=1S/C23H24N4O3S/c28-23-18-26(14-13-24-23)22-12-11-21(15-25-22)31(29,30)27(16-19-7-3-1-4-8-19)17-20-9-5-2-6-10-20/h1-12,15H,13-14,16-18H2,(H,24,28). The molecule has 31 heavy (non-hydrogen) atoms. The van der Waals surface area contributed by atoms with Crippen molar-refractivity contribution in [1.82, 2.24) is 14.6 Å². The number of nitrogens with one attached hydrogen (secondary N) is 1. The zero-order chi connectivity index (χ0) is 21.7. The highest BCUT2D eigenvalue weighted by molar-refractivity contribution is 7.89. The molecule has 1 aliphatic heterocycles. The zero-order valence-corrected chi connectivity index (χ0v) is 17.8. The average molecular weight is 437 g/mol. The Hall–Kier alpha value is -3.23. The minimum atomic E-state index is -3.78. The Bertz CT molecular complexity index is 1080. The first-order chi connectivity index (χ1) is 15.0. The highest BCUT2D eigenvalue weighted by Gasteiger charge is 2.26. The summed E-state index contributed by atoms with van der Waals surface area (Å²) in [7, 11) is -3.78. The molecule has 1 saturated heterocycles. The number of sulfonamides is 1. The van der Waals surface area contributed by atoms with E-state index in [4.69, 9.17) is 0 Å². The first-order valence-electron chi connectivity index (χ1n) is 10.1. The van der Waals surface area contributed by atoms with Crippen molar-refractivity contribution in [2.75, 3.05) is 24.5 Å². The van der Waals surface area contributed by atoms with Gasteiger partial charge in [0.2, 0.25) is 15.9 Å². The third-order valence-electron chi connectivity index (χ3n) is 5.12. The van der Waals surface area contributed by atoms with E-state index in [1.807, 2.05) is 65.6 Å². The molecule has 1 N–H and O–H groups in total. The van der Waals surface area contributed by atoms with E-state index in [9.17, 15) is 13.2 Å². The molecule has 1 amide bonds. The first-order valence-corrected chi connectivity index (χ1v) is 11.5. The van der Waals surface area contributed by atoms with Crippen molar-refractivity contribution >= 4 is 21.7 Å². The second-order valence-corrected chi connectivity index (χ2v) is 9.31. The molecule has 8 heteroatoms. The molecule has 1 fully saturated rings. The molecule has 1 aliphatic rings. The van der Waals surface area contributed by atoms with Crippen LogP contribution in [0.4, 0.5) is 5.82 Å². The van der Waals surface area contributed by atoms with Crippen molar-refractivity contribution in [3.8, 4) is 0 Å². The molecule has 1 aromatic heterocycles. The number of rotatable bonds is 7. The topological polar surface area (TPSA) is 82.6 Å². The fraction of sp³-hybridized carbons (Fsp3) is 0.217. The van der Waals surface area contributed by atoms with Crippen LogP contribution >= 0.6 is 0 Å². The molecular formula is C23H24N4O3S. The zero-order valence-electron chi connectivity index (χ0n) is 17.0. The summed E-state index contributed by atoms with van der Waals surface area (Å²) in [5.74, 6) is 0.521. The molecule has 2 heterocycles. The van der Waals surface area contributed by atoms with Gasteiger partial charge in [-0.3, -0.25) is 4.79 Å². The summed E-state index contributed by atoms with van der Waals surface area (Å²) >= 11 is 0. The van der Waals surface area contributed by atoms with Gasteiger partial charge in [-0.2, -0.15) is 4.31 Å². The Labute approximate surface area is 182 Å². The molecule has 160 valence electrons. The molecule has 0 unspecified atom stereocenters. The molecule has 0 radical (unpaired) electrons. The third-order valence-corrected chi connectivity index (χ3v) is 6.90. The smallest absolute Gasteiger partial charge is 0.245 e. The van der Waals surface area contributed by atoms with Gasteiger partial charge in [-0.05, 0) is 23.3 Å². The summed E-state index contributed by atoms with van der Waals surface area (Å²) < 4.78 is 28.4. The molecule has 0 aliphatic carbocycles. The van der Waals surface area contributed by atoms with E-state index in [0.717, 1.165) is 11.1 Å². The largest absolute Gasteiger partial charge is 0.353 e. The lowest BCUT2D eigenvalue weighted by Gasteiger charge is -2.28. The molecule has 0 bridgehead atoms. The van der Waals surface area contributed by atoms with Crippen LogP contribution in [0, 0.1) is 0 Å². The van der Waals surface area contributed by atoms with E-state index in [2.05, 4.69) is 10.3 Å². The number of benzene rings is 2. The summed E-state index contributed by atoms with van der Waals surface area (Å²) in [4.78, 5) is 17.9. The van der Waals surface area contributed by atoms with Gasteiger partial charge in [0.15, 0.2) is 0 Å². The maximum Gasteiger partial charge on any atom is 0.245 e. The van der Waals surface area contributed by atoms with Gasteiger partial charge in [0.1, 0.15) is 10.7 Å². The highest BCUT2D eigenvalue weighted by Crippen LogP contribution is 2.22. The Kier molecular flexibility index (Phi) is 6.29. The van der Waals surface area contributed by atoms with Crippen molar-refractivity contribution in [2.45, 2.75) is 18.0 Å². The fourth-order valence-electron chi connectivity index (χ4n) is 3.50. The van der Waals surface area contributed by atoms with Crippen LogP contribution in [0.3, 0.4) is 0 Å². The van der Waals surface area contributed by atoms with Crippen molar-refractivity contribution < 1.29 is 13.2 Å². The van der Waals surface area contributed by atoms with Gasteiger partial charge < -0.3 is 10.2 Å². The molecule has 0 atom stereocenters. The van der Waals surface area contributed by atoms with E-state index < -0.39 is 10.0 Å². The normalized spacial score (nSPS) is 14.5. The lowest BCUT2D eigenvalue weighted by atomic mass is 10.2. The Morgan fingerprint density at radius 3 is 2.03 bits per heavy atom. The van der Waals surface area contributed by atoms with Crippen LogP contribution in [0.5, 0.6) is 0 Å². The Balaban J connectivity index is 1.60. The quantitative estimate of drug-likeness (QED) is 0.615. The predicted octanol–water partition coefficient (Wildman–Crippen LogP) is 2.41. The first kappa shape index (κ1) is 21.0. The molecule has 3 aromatic rings. The van der Waals surface area contributed by atoms with Crippen molar-refractivity contribution in [2.24, 2.45) is 0 Å². The number of hydrogen-bond acceptors (Lipinski definition) is 5. The minimum Gasteiger partial charge on any atom is -0.353 e. The van der Waals surface area contributed by atoms with E-state index in [-0.39, 0.29) is 30.4 Å². The van der Waals surface area contributed by atoms with Gasteiger partial charge in [0.25, 0.3) is 0 Å². The summed E-state index contributed by atoms with van der Waals surface area (Å²) in [6, 6.07) is 22.3. The number of amides is 1. The summed E-state index contributed by atoms with van der Waals surface area (Å²) in [6.07, 6.45) is 1.38. The van der Waals surface area contributed by atoms with Crippen LogP contribution < -0.4 is 10.2 Å². The van der Waals surface area contributed by atoms with Crippen LogP contribution in [-0.4, -0.2) is 43.2 Å². The number of nitrogens with zero attached hydrogens (tertiary/aromatic N) is 3. The van der Waals surface area contributed by atoms with Crippen LogP contribution in [0.2, 0.25) is 0 Å². The monoisotopic (exact) mass is 436 g/mol. The van der Waals surface area contributed by atoms with Gasteiger partial charge in [-0.25, -0.2) is 13.4 Å². The average Bonchev–Trinajstić information content (AvgIpc) is 2.80. The van der Waals surface area contributed by atoms with Crippen molar-refractivity contribution in [3.05, 3.63) is 90.1 Å². The SMILES string of the molecule is O=C1CN(c2ccc(S(=O)(=O)N(Cc3ccccc3)Cc3ccccc3)cn2)CCN1. The van der Waals surface area contributed by atoms with Gasteiger partial charge in [0, 0.05) is 32.4 Å². The molecule has 4 rings (SSSR count). The number of carbonyl (C=O) groups is 1. The number of carbonyl (C=O) groups excluding carboxylic acids is 1. The van der Waals surface area contributed by atoms with Gasteiger partial charge in [-0.15, -0.1) is 0 Å². The number of aromatic nitrogens is 1. The molecule has 0 spiro atoms. The number of anilines is 1. The van der Waals surface area contributed by atoms with E-state index in [1.165, 1.54) is 10.5 Å². The van der Waals surface area contributed by atoms with Crippen molar-refractivity contribution in [3.63, 3.8) is 0 Å². The second kappa shape index (κ2) is 9.28. The summed E-state index contributed by atoms with van der Waals surface area (Å²) in [5, 5.41) is 2.77. The van der Waals surface area contributed by atoms with Crippen LogP contribution in [0.15, 0.2) is 83.9 Å². The third kappa shape index (κ3) is 5.10. The highest BCUT2D eigenvalue weighted by atomic mass is 32.2. The Morgan fingerprint density at radius 2 is 1.52 bits per heavy atom. The van der Waals surface area contributed by atoms with Gasteiger partial charge in [-0.1, -0.05) is 60.7 Å².